The fourth-order valence-corrected chi connectivity index (χ4v) is 2.47. The lowest BCUT2D eigenvalue weighted by Crippen LogP contribution is -1.87. The van der Waals surface area contributed by atoms with Gasteiger partial charge in [0.05, 0.1) is 23.0 Å². The Balaban J connectivity index is 1.89. The predicted molar refractivity (Wildman–Crippen MR) is 73.7 cm³/mol. The van der Waals surface area contributed by atoms with Crippen LogP contribution in [0.1, 0.15) is 11.5 Å². The lowest BCUT2D eigenvalue weighted by molar-refractivity contribution is 0.442. The second-order valence-electron chi connectivity index (χ2n) is 3.94. The van der Waals surface area contributed by atoms with Crippen molar-refractivity contribution >= 4 is 28.5 Å². The van der Waals surface area contributed by atoms with E-state index < -0.39 is 0 Å². The summed E-state index contributed by atoms with van der Waals surface area (Å²) in [6, 6.07) is 7.92. The first kappa shape index (κ1) is 11.7. The molecule has 0 aliphatic heterocycles. The van der Waals surface area contributed by atoms with Gasteiger partial charge in [-0.1, -0.05) is 12.1 Å². The molecule has 0 aliphatic rings. The summed E-state index contributed by atoms with van der Waals surface area (Å²) in [5.41, 5.74) is 2.44. The minimum absolute atomic E-state index is 0.633. The van der Waals surface area contributed by atoms with Gasteiger partial charge < -0.3 is 14.1 Å². The van der Waals surface area contributed by atoms with E-state index in [4.69, 9.17) is 9.68 Å². The van der Waals surface area contributed by atoms with E-state index in [1.54, 1.807) is 19.3 Å². The zero-order valence-corrected chi connectivity index (χ0v) is 10.9. The fourth-order valence-electron chi connectivity index (χ4n) is 1.83. The molecule has 0 saturated carbocycles. The zero-order chi connectivity index (χ0) is 13.2. The van der Waals surface area contributed by atoms with Crippen molar-refractivity contribution in [2.75, 3.05) is 4.72 Å². The number of rotatable bonds is 3. The number of nitrogens with one attached hydrogen (secondary N) is 2. The summed E-state index contributed by atoms with van der Waals surface area (Å²) in [6.07, 6.45) is 3.38. The van der Waals surface area contributed by atoms with Crippen molar-refractivity contribution in [1.82, 2.24) is 9.97 Å². The van der Waals surface area contributed by atoms with Crippen molar-refractivity contribution in [2.24, 2.45) is 0 Å². The van der Waals surface area contributed by atoms with Gasteiger partial charge in [0.25, 0.3) is 0 Å². The summed E-state index contributed by atoms with van der Waals surface area (Å²) in [6.45, 7) is 1.80. The maximum absolute atomic E-state index is 9.01. The Kier molecular flexibility index (Phi) is 2.89. The molecule has 0 bridgehead atoms. The van der Waals surface area contributed by atoms with E-state index in [-0.39, 0.29) is 0 Å². The number of anilines is 1. The molecular weight excluding hydrogens is 260 g/mol. The van der Waals surface area contributed by atoms with Gasteiger partial charge in [0.15, 0.2) is 5.89 Å². The molecule has 0 amide bonds. The summed E-state index contributed by atoms with van der Waals surface area (Å²) in [7, 11) is 0. The number of H-pyrrole nitrogens is 1. The molecular formula is C13H10N4OS. The lowest BCUT2D eigenvalue weighted by atomic mass is 10.2. The zero-order valence-electron chi connectivity index (χ0n) is 10.1. The van der Waals surface area contributed by atoms with Gasteiger partial charge in [-0.25, -0.2) is 4.98 Å². The number of aryl methyl sites for hydroxylation is 1. The standard InChI is InChI=1S/C13H10N4OS/c1-8-15-7-12(18-8)19-17-11-4-2-3-10-9(5-14)6-16-13(10)11/h2-4,6-7,16-17H,1H3. The Morgan fingerprint density at radius 3 is 3.11 bits per heavy atom. The van der Waals surface area contributed by atoms with Gasteiger partial charge in [-0.2, -0.15) is 5.26 Å². The van der Waals surface area contributed by atoms with Crippen LogP contribution in [-0.2, 0) is 0 Å². The first-order valence-corrected chi connectivity index (χ1v) is 6.45. The minimum Gasteiger partial charge on any atom is -0.433 e. The van der Waals surface area contributed by atoms with E-state index >= 15 is 0 Å². The highest BCUT2D eigenvalue weighted by Crippen LogP contribution is 2.29. The number of benzene rings is 1. The maximum atomic E-state index is 9.01. The van der Waals surface area contributed by atoms with E-state index in [1.807, 2.05) is 18.2 Å². The SMILES string of the molecule is Cc1ncc(SNc2cccc3c(C#N)c[nH]c23)o1. The summed E-state index contributed by atoms with van der Waals surface area (Å²) in [5.74, 6) is 0.633. The number of para-hydroxylation sites is 1. The van der Waals surface area contributed by atoms with E-state index in [9.17, 15) is 0 Å². The number of nitriles is 1. The van der Waals surface area contributed by atoms with Gasteiger partial charge in [-0.15, -0.1) is 0 Å². The van der Waals surface area contributed by atoms with Crippen molar-refractivity contribution in [3.05, 3.63) is 42.0 Å². The van der Waals surface area contributed by atoms with Gasteiger partial charge in [0.1, 0.15) is 6.07 Å². The molecule has 2 heterocycles. The molecule has 19 heavy (non-hydrogen) atoms. The Bertz CT molecular complexity index is 768. The quantitative estimate of drug-likeness (QED) is 0.713. The molecule has 3 rings (SSSR count). The number of hydrogen-bond donors (Lipinski definition) is 2. The minimum atomic E-state index is 0.633. The average molecular weight is 270 g/mol. The molecule has 0 atom stereocenters. The Morgan fingerprint density at radius 1 is 1.47 bits per heavy atom. The molecule has 2 aromatic heterocycles. The molecule has 0 unspecified atom stereocenters. The van der Waals surface area contributed by atoms with E-state index in [0.29, 0.717) is 16.5 Å². The summed E-state index contributed by atoms with van der Waals surface area (Å²) >= 11 is 1.34. The van der Waals surface area contributed by atoms with Crippen molar-refractivity contribution in [3.8, 4) is 6.07 Å². The predicted octanol–water partition coefficient (Wildman–Crippen LogP) is 3.46. The van der Waals surface area contributed by atoms with E-state index in [1.165, 1.54) is 11.9 Å². The summed E-state index contributed by atoms with van der Waals surface area (Å²) in [5, 5.41) is 10.6. The van der Waals surface area contributed by atoms with Crippen molar-refractivity contribution < 1.29 is 4.42 Å². The van der Waals surface area contributed by atoms with Crippen molar-refractivity contribution in [1.29, 1.82) is 5.26 Å². The van der Waals surface area contributed by atoms with Crippen LogP contribution in [0.3, 0.4) is 0 Å². The molecule has 3 aromatic rings. The van der Waals surface area contributed by atoms with Gasteiger partial charge in [0.2, 0.25) is 5.09 Å². The van der Waals surface area contributed by atoms with E-state index in [2.05, 4.69) is 20.8 Å². The molecule has 6 heteroatoms. The Labute approximate surface area is 113 Å². The molecule has 1 aromatic carbocycles. The number of aromatic amines is 1. The number of aromatic nitrogens is 2. The monoisotopic (exact) mass is 270 g/mol. The molecule has 2 N–H and O–H groups in total. The average Bonchev–Trinajstić information content (AvgIpc) is 3.02. The molecule has 94 valence electrons. The topological polar surface area (TPSA) is 77.6 Å². The van der Waals surface area contributed by atoms with Crippen LogP contribution >= 0.6 is 11.9 Å². The first-order chi connectivity index (χ1) is 9.28. The first-order valence-electron chi connectivity index (χ1n) is 5.63. The summed E-state index contributed by atoms with van der Waals surface area (Å²) in [4.78, 5) is 7.13. The molecule has 0 fully saturated rings. The Hall–Kier alpha value is -2.39. The Morgan fingerprint density at radius 2 is 2.37 bits per heavy atom. The van der Waals surface area contributed by atoms with Gasteiger partial charge in [-0.05, 0) is 6.07 Å². The molecule has 5 nitrogen and oxygen atoms in total. The lowest BCUT2D eigenvalue weighted by Gasteiger charge is -2.04. The molecule has 0 saturated heterocycles. The van der Waals surface area contributed by atoms with Gasteiger partial charge in [-0.3, -0.25) is 0 Å². The molecule has 0 aliphatic carbocycles. The van der Waals surface area contributed by atoms with Gasteiger partial charge in [0, 0.05) is 30.5 Å². The highest BCUT2D eigenvalue weighted by atomic mass is 32.2. The third kappa shape index (κ3) is 2.16. The highest BCUT2D eigenvalue weighted by molar-refractivity contribution is 8.00. The molecule has 0 spiro atoms. The van der Waals surface area contributed by atoms with Crippen LogP contribution in [0.15, 0.2) is 40.1 Å². The number of fused-ring (bicyclic) bond motifs is 1. The molecule has 0 radical (unpaired) electrons. The second kappa shape index (κ2) is 4.71. The number of nitrogens with zero attached hydrogens (tertiary/aromatic N) is 2. The number of oxazole rings is 1. The van der Waals surface area contributed by atoms with Crippen LogP contribution in [0.2, 0.25) is 0 Å². The van der Waals surface area contributed by atoms with Crippen molar-refractivity contribution in [2.45, 2.75) is 12.0 Å². The second-order valence-corrected chi connectivity index (χ2v) is 4.76. The van der Waals surface area contributed by atoms with Gasteiger partial charge >= 0.3 is 0 Å². The smallest absolute Gasteiger partial charge is 0.201 e. The maximum Gasteiger partial charge on any atom is 0.201 e. The van der Waals surface area contributed by atoms with Crippen LogP contribution in [0.25, 0.3) is 10.9 Å². The largest absolute Gasteiger partial charge is 0.433 e. The highest BCUT2D eigenvalue weighted by Gasteiger charge is 2.08. The third-order valence-electron chi connectivity index (χ3n) is 2.70. The normalized spacial score (nSPS) is 10.5. The van der Waals surface area contributed by atoms with Crippen LogP contribution in [-0.4, -0.2) is 9.97 Å². The van der Waals surface area contributed by atoms with Crippen molar-refractivity contribution in [3.63, 3.8) is 0 Å². The van der Waals surface area contributed by atoms with Crippen LogP contribution < -0.4 is 4.72 Å². The summed E-state index contributed by atoms with van der Waals surface area (Å²) < 4.78 is 8.57. The van der Waals surface area contributed by atoms with Crippen LogP contribution in [0.4, 0.5) is 5.69 Å². The van der Waals surface area contributed by atoms with E-state index in [0.717, 1.165) is 16.6 Å². The number of hydrogen-bond acceptors (Lipinski definition) is 5. The third-order valence-corrected chi connectivity index (χ3v) is 3.41. The fraction of sp³-hybridized carbons (Fsp3) is 0.0769. The van der Waals surface area contributed by atoms with Crippen LogP contribution in [0.5, 0.6) is 0 Å². The van der Waals surface area contributed by atoms with Crippen LogP contribution in [0, 0.1) is 18.3 Å².